The summed E-state index contributed by atoms with van der Waals surface area (Å²) in [4.78, 5) is 37.6. The van der Waals surface area contributed by atoms with Gasteiger partial charge in [0.05, 0.1) is 35.2 Å². The molecule has 3 aromatic rings. The average Bonchev–Trinajstić information content (AvgIpc) is 3.05. The lowest BCUT2D eigenvalue weighted by Crippen LogP contribution is -2.38. The third kappa shape index (κ3) is 6.23. The first-order valence-electron chi connectivity index (χ1n) is 10.6. The summed E-state index contributed by atoms with van der Waals surface area (Å²) in [6.45, 7) is 2.35. The summed E-state index contributed by atoms with van der Waals surface area (Å²) in [5.74, 6) is -1.63. The van der Waals surface area contributed by atoms with E-state index in [4.69, 9.17) is 0 Å². The second-order valence-corrected chi connectivity index (χ2v) is 8.66. The molecule has 1 aliphatic rings. The van der Waals surface area contributed by atoms with Crippen LogP contribution in [-0.4, -0.2) is 70.1 Å². The van der Waals surface area contributed by atoms with E-state index in [1.807, 2.05) is 29.2 Å². The van der Waals surface area contributed by atoms with E-state index < -0.39 is 11.6 Å². The van der Waals surface area contributed by atoms with Crippen molar-refractivity contribution in [2.45, 2.75) is 11.4 Å². The van der Waals surface area contributed by atoms with Crippen molar-refractivity contribution in [2.75, 3.05) is 43.8 Å². The number of anilines is 1. The molecule has 1 saturated heterocycles. The number of fused-ring (bicyclic) bond motifs is 1. The highest BCUT2D eigenvalue weighted by Gasteiger charge is 2.21. The molecule has 2 amide bonds. The van der Waals surface area contributed by atoms with Gasteiger partial charge in [-0.3, -0.25) is 19.5 Å². The van der Waals surface area contributed by atoms with E-state index in [2.05, 4.69) is 15.3 Å². The van der Waals surface area contributed by atoms with E-state index >= 15 is 0 Å². The van der Waals surface area contributed by atoms with Crippen LogP contribution in [0.15, 0.2) is 53.7 Å². The van der Waals surface area contributed by atoms with Gasteiger partial charge < -0.3 is 10.2 Å². The molecule has 4 rings (SSSR count). The highest BCUT2D eigenvalue weighted by Crippen LogP contribution is 2.19. The van der Waals surface area contributed by atoms with Crippen molar-refractivity contribution in [3.8, 4) is 0 Å². The molecule has 10 heteroatoms. The van der Waals surface area contributed by atoms with Gasteiger partial charge in [-0.15, -0.1) is 0 Å². The number of halogens is 2. The van der Waals surface area contributed by atoms with Crippen molar-refractivity contribution in [3.63, 3.8) is 0 Å². The van der Waals surface area contributed by atoms with Crippen molar-refractivity contribution < 1.29 is 18.4 Å². The predicted octanol–water partition coefficient (Wildman–Crippen LogP) is 3.17. The Balaban J connectivity index is 1.25. The van der Waals surface area contributed by atoms with Crippen molar-refractivity contribution in [3.05, 3.63) is 60.3 Å². The van der Waals surface area contributed by atoms with Crippen LogP contribution in [0.3, 0.4) is 0 Å². The van der Waals surface area contributed by atoms with E-state index in [0.29, 0.717) is 31.2 Å². The van der Waals surface area contributed by atoms with Gasteiger partial charge in [-0.25, -0.2) is 13.8 Å². The zero-order chi connectivity index (χ0) is 23.2. The van der Waals surface area contributed by atoms with Crippen LogP contribution in [0.4, 0.5) is 14.5 Å². The molecule has 0 aliphatic carbocycles. The number of thioether (sulfide) groups is 1. The largest absolute Gasteiger partial charge is 0.341 e. The van der Waals surface area contributed by atoms with Gasteiger partial charge in [0.15, 0.2) is 0 Å². The average molecular weight is 472 g/mol. The fourth-order valence-electron chi connectivity index (χ4n) is 3.60. The standard InChI is InChI=1S/C23H23F2N5O2S/c24-16-6-7-18(17(25)12-16)27-21(31)14-29-8-3-9-30(11-10-29)23(32)15-33-22-13-26-19-4-1-2-5-20(19)28-22/h1-2,4-7,12-13H,3,8-11,14-15H2,(H,27,31). The smallest absolute Gasteiger partial charge is 0.238 e. The molecule has 0 spiro atoms. The Hall–Kier alpha value is -3.11. The van der Waals surface area contributed by atoms with Gasteiger partial charge in [-0.2, -0.15) is 0 Å². The van der Waals surface area contributed by atoms with E-state index in [1.54, 1.807) is 11.1 Å². The van der Waals surface area contributed by atoms with Crippen molar-refractivity contribution in [1.82, 2.24) is 19.8 Å². The van der Waals surface area contributed by atoms with Crippen LogP contribution in [0, 0.1) is 11.6 Å². The zero-order valence-corrected chi connectivity index (χ0v) is 18.7. The number of aromatic nitrogens is 2. The lowest BCUT2D eigenvalue weighted by atomic mass is 10.3. The highest BCUT2D eigenvalue weighted by molar-refractivity contribution is 7.99. The lowest BCUT2D eigenvalue weighted by Gasteiger charge is -2.21. The second-order valence-electron chi connectivity index (χ2n) is 7.67. The molecule has 1 aliphatic heterocycles. The van der Waals surface area contributed by atoms with Crippen molar-refractivity contribution >= 4 is 40.3 Å². The minimum Gasteiger partial charge on any atom is -0.341 e. The Morgan fingerprint density at radius 1 is 1.03 bits per heavy atom. The Kier molecular flexibility index (Phi) is 7.46. The second kappa shape index (κ2) is 10.7. The van der Waals surface area contributed by atoms with Gasteiger partial charge in [0.1, 0.15) is 16.7 Å². The molecule has 1 fully saturated rings. The molecule has 0 bridgehead atoms. The number of amides is 2. The maximum atomic E-state index is 13.7. The van der Waals surface area contributed by atoms with Crippen LogP contribution < -0.4 is 5.32 Å². The summed E-state index contributed by atoms with van der Waals surface area (Å²) in [6.07, 6.45) is 2.40. The lowest BCUT2D eigenvalue weighted by molar-refractivity contribution is -0.128. The van der Waals surface area contributed by atoms with Gasteiger partial charge in [0.25, 0.3) is 0 Å². The highest BCUT2D eigenvalue weighted by atomic mass is 32.2. The summed E-state index contributed by atoms with van der Waals surface area (Å²) in [5.41, 5.74) is 1.55. The van der Waals surface area contributed by atoms with Gasteiger partial charge in [-0.05, 0) is 30.7 Å². The summed E-state index contributed by atoms with van der Waals surface area (Å²) >= 11 is 1.35. The van der Waals surface area contributed by atoms with E-state index in [9.17, 15) is 18.4 Å². The van der Waals surface area contributed by atoms with Gasteiger partial charge in [0, 0.05) is 32.2 Å². The molecule has 1 aromatic heterocycles. The molecule has 2 heterocycles. The quantitative estimate of drug-likeness (QED) is 0.557. The number of carbonyl (C=O) groups excluding carboxylic acids is 2. The number of benzene rings is 2. The van der Waals surface area contributed by atoms with Crippen LogP contribution in [0.1, 0.15) is 6.42 Å². The number of nitrogens with one attached hydrogen (secondary N) is 1. The number of carbonyl (C=O) groups is 2. The first-order chi connectivity index (χ1) is 16.0. The first kappa shape index (κ1) is 23.1. The summed E-state index contributed by atoms with van der Waals surface area (Å²) in [6, 6.07) is 10.6. The number of hydrogen-bond donors (Lipinski definition) is 1. The summed E-state index contributed by atoms with van der Waals surface area (Å²) < 4.78 is 26.8. The molecule has 0 atom stereocenters. The topological polar surface area (TPSA) is 78.4 Å². The Morgan fingerprint density at radius 3 is 2.67 bits per heavy atom. The molecular formula is C23H23F2N5O2S. The molecule has 33 heavy (non-hydrogen) atoms. The number of rotatable bonds is 6. The number of nitrogens with zero attached hydrogens (tertiary/aromatic N) is 4. The molecule has 0 saturated carbocycles. The third-order valence-corrected chi connectivity index (χ3v) is 6.17. The first-order valence-corrected chi connectivity index (χ1v) is 11.6. The predicted molar refractivity (Wildman–Crippen MR) is 123 cm³/mol. The monoisotopic (exact) mass is 471 g/mol. The van der Waals surface area contributed by atoms with Crippen molar-refractivity contribution in [1.29, 1.82) is 0 Å². The molecule has 1 N–H and O–H groups in total. The summed E-state index contributed by atoms with van der Waals surface area (Å²) in [5, 5.41) is 3.17. The van der Waals surface area contributed by atoms with Gasteiger partial charge in [-0.1, -0.05) is 23.9 Å². The normalized spacial score (nSPS) is 14.8. The van der Waals surface area contributed by atoms with E-state index in [1.165, 1.54) is 17.8 Å². The molecule has 2 aromatic carbocycles. The molecular weight excluding hydrogens is 448 g/mol. The molecule has 7 nitrogen and oxygen atoms in total. The van der Waals surface area contributed by atoms with Gasteiger partial charge in [0.2, 0.25) is 11.8 Å². The fourth-order valence-corrected chi connectivity index (χ4v) is 4.34. The SMILES string of the molecule is O=C(CN1CCCN(C(=O)CSc2cnc3ccccc3n2)CC1)Nc1ccc(F)cc1F. The number of hydrogen-bond acceptors (Lipinski definition) is 6. The molecule has 172 valence electrons. The van der Waals surface area contributed by atoms with E-state index in [0.717, 1.165) is 29.6 Å². The molecule has 0 radical (unpaired) electrons. The molecule has 0 unspecified atom stereocenters. The van der Waals surface area contributed by atoms with Crippen LogP contribution in [0.2, 0.25) is 0 Å². The van der Waals surface area contributed by atoms with Crippen LogP contribution >= 0.6 is 11.8 Å². The van der Waals surface area contributed by atoms with Crippen molar-refractivity contribution in [2.24, 2.45) is 0 Å². The van der Waals surface area contributed by atoms with E-state index in [-0.39, 0.29) is 29.8 Å². The fraction of sp³-hybridized carbons (Fsp3) is 0.304. The van der Waals surface area contributed by atoms with Crippen LogP contribution in [0.25, 0.3) is 11.0 Å². The van der Waals surface area contributed by atoms with Gasteiger partial charge >= 0.3 is 0 Å². The maximum Gasteiger partial charge on any atom is 0.238 e. The third-order valence-electron chi connectivity index (χ3n) is 5.28. The Labute approximate surface area is 194 Å². The van der Waals surface area contributed by atoms with Crippen LogP contribution in [-0.2, 0) is 9.59 Å². The summed E-state index contributed by atoms with van der Waals surface area (Å²) in [7, 11) is 0. The zero-order valence-electron chi connectivity index (χ0n) is 17.8. The Morgan fingerprint density at radius 2 is 1.85 bits per heavy atom. The Bertz CT molecular complexity index is 1160. The number of para-hydroxylation sites is 2. The van der Waals surface area contributed by atoms with Crippen LogP contribution in [0.5, 0.6) is 0 Å². The minimum atomic E-state index is -0.815. The maximum absolute atomic E-state index is 13.7. The minimum absolute atomic E-state index is 0.00893.